The first-order valence-electron chi connectivity index (χ1n) is 4.98. The summed E-state index contributed by atoms with van der Waals surface area (Å²) in [6.07, 6.45) is 2.17. The van der Waals surface area contributed by atoms with Crippen molar-refractivity contribution in [3.05, 3.63) is 24.3 Å². The first kappa shape index (κ1) is 13.8. The third kappa shape index (κ3) is 3.68. The Morgan fingerprint density at radius 2 is 2.20 bits per heavy atom. The van der Waals surface area contributed by atoms with Gasteiger partial charge in [0.1, 0.15) is 0 Å². The quantitative estimate of drug-likeness (QED) is 0.745. The normalized spacial score (nSPS) is 11.1. The van der Waals surface area contributed by atoms with Crippen LogP contribution >= 0.6 is 0 Å². The van der Waals surface area contributed by atoms with Crippen LogP contribution in [0.5, 0.6) is 5.75 Å². The largest absolute Gasteiger partial charge is 0.488 e. The van der Waals surface area contributed by atoms with E-state index in [1.54, 1.807) is 0 Å². The molecule has 106 valence electrons. The van der Waals surface area contributed by atoms with Gasteiger partial charge in [0.25, 0.3) is 11.7 Å². The van der Waals surface area contributed by atoms with E-state index in [1.807, 2.05) is 0 Å². The van der Waals surface area contributed by atoms with E-state index in [0.717, 1.165) is 17.1 Å². The Bertz CT molecular complexity index is 745. The summed E-state index contributed by atoms with van der Waals surface area (Å²) < 4.78 is 37.0. The van der Waals surface area contributed by atoms with Gasteiger partial charge in [0.2, 0.25) is 0 Å². The molecule has 1 N–H and O–H groups in total. The highest BCUT2D eigenvalue weighted by Gasteiger charge is 2.14. The highest BCUT2D eigenvalue weighted by Crippen LogP contribution is 2.17. The molecule has 2 heterocycles. The number of aryl methyl sites for hydroxylation is 1. The van der Waals surface area contributed by atoms with E-state index in [9.17, 15) is 17.1 Å². The molecule has 2 aromatic heterocycles. The number of hydrogen-bond donors (Lipinski definition) is 1. The lowest BCUT2D eigenvalue weighted by Gasteiger charge is -2.04. The van der Waals surface area contributed by atoms with Crippen LogP contribution in [0.3, 0.4) is 0 Å². The zero-order valence-electron chi connectivity index (χ0n) is 9.89. The molecule has 0 unspecified atom stereocenters. The molecule has 0 aromatic carbocycles. The predicted octanol–water partition coefficient (Wildman–Crippen LogP) is -0.550. The van der Waals surface area contributed by atoms with Crippen molar-refractivity contribution in [3.8, 4) is 5.75 Å². The van der Waals surface area contributed by atoms with Crippen LogP contribution in [0.15, 0.2) is 18.5 Å². The lowest BCUT2D eigenvalue weighted by Crippen LogP contribution is -2.14. The summed E-state index contributed by atoms with van der Waals surface area (Å²) in [5.41, 5.74) is 0.0728. The number of carbonyl (C=O) groups is 1. The number of pyridine rings is 1. The van der Waals surface area contributed by atoms with Crippen LogP contribution in [0.1, 0.15) is 10.6 Å². The number of carbonyl (C=O) groups excluding carboxylic acids is 1. The highest BCUT2D eigenvalue weighted by atomic mass is 32.3. The van der Waals surface area contributed by atoms with Gasteiger partial charge in [0, 0.05) is 6.07 Å². The van der Waals surface area contributed by atoms with Gasteiger partial charge in [-0.2, -0.15) is 13.2 Å². The van der Waals surface area contributed by atoms with Crippen molar-refractivity contribution in [2.45, 2.75) is 0 Å². The molecule has 2 rings (SSSR count). The third-order valence-corrected chi connectivity index (χ3v) is 2.27. The Balaban J connectivity index is 2.14. The number of hydrogen-bond acceptors (Lipinski definition) is 8. The minimum atomic E-state index is -5.16. The fourth-order valence-corrected chi connectivity index (χ4v) is 1.53. The molecule has 1 amide bonds. The van der Waals surface area contributed by atoms with Crippen LogP contribution < -0.4 is 9.50 Å². The zero-order chi connectivity index (χ0) is 14.8. The average Bonchev–Trinajstić information content (AvgIpc) is 2.74. The van der Waals surface area contributed by atoms with Crippen LogP contribution in [0.4, 0.5) is 9.57 Å². The van der Waals surface area contributed by atoms with Crippen molar-refractivity contribution in [1.29, 1.82) is 0 Å². The summed E-state index contributed by atoms with van der Waals surface area (Å²) in [5, 5.41) is 12.9. The van der Waals surface area contributed by atoms with E-state index >= 15 is 0 Å². The fraction of sp³-hybridized carbons (Fsp3) is 0.125. The lowest BCUT2D eigenvalue weighted by molar-refractivity contribution is 0.101. The number of rotatable bonds is 4. The van der Waals surface area contributed by atoms with Crippen LogP contribution in [-0.2, 0) is 17.6 Å². The van der Waals surface area contributed by atoms with E-state index in [0.29, 0.717) is 0 Å². The minimum absolute atomic E-state index is 0.0728. The molecular weight excluding hydrogens is 295 g/mol. The second-order valence-electron chi connectivity index (χ2n) is 3.44. The third-order valence-electron chi connectivity index (χ3n) is 1.88. The zero-order valence-corrected chi connectivity index (χ0v) is 10.7. The smallest absolute Gasteiger partial charge is 0.357 e. The van der Waals surface area contributed by atoms with Gasteiger partial charge in [-0.25, -0.2) is 0 Å². The van der Waals surface area contributed by atoms with Crippen molar-refractivity contribution >= 4 is 22.1 Å². The summed E-state index contributed by atoms with van der Waals surface area (Å²) in [5.74, 6) is -1.28. The lowest BCUT2D eigenvalue weighted by atomic mass is 10.4. The maximum atomic E-state index is 12.3. The maximum Gasteiger partial charge on any atom is 0.488 e. The average molecular weight is 302 g/mol. The standard InChI is InChI=1S/C8H7FN6O4S/c1-15-13-7(12-14-15)8(16)11-5-2-6(4-10-3-5)19-20(9,17)18/h2-4H,1H3,(H,11,16). The molecule has 0 saturated heterocycles. The number of anilines is 1. The van der Waals surface area contributed by atoms with E-state index in [2.05, 4.69) is 29.9 Å². The van der Waals surface area contributed by atoms with Crippen LogP contribution in [-0.4, -0.2) is 39.5 Å². The van der Waals surface area contributed by atoms with E-state index in [4.69, 9.17) is 0 Å². The summed E-state index contributed by atoms with van der Waals surface area (Å²) in [6.45, 7) is 0. The van der Waals surface area contributed by atoms with Gasteiger partial charge in [-0.05, 0) is 5.21 Å². The van der Waals surface area contributed by atoms with Crippen molar-refractivity contribution in [3.63, 3.8) is 0 Å². The first-order chi connectivity index (χ1) is 9.33. The SMILES string of the molecule is Cn1nnc(C(=O)Nc2cncc(OS(=O)(=O)F)c2)n1. The topological polar surface area (TPSA) is 129 Å². The monoisotopic (exact) mass is 302 g/mol. The number of nitrogens with one attached hydrogen (secondary N) is 1. The van der Waals surface area contributed by atoms with E-state index in [-0.39, 0.29) is 11.5 Å². The van der Waals surface area contributed by atoms with Crippen molar-refractivity contribution in [2.24, 2.45) is 7.05 Å². The van der Waals surface area contributed by atoms with Gasteiger partial charge in [0.05, 0.1) is 25.1 Å². The molecule has 10 nitrogen and oxygen atoms in total. The minimum Gasteiger partial charge on any atom is -0.357 e. The number of aromatic nitrogens is 5. The molecule has 0 aliphatic heterocycles. The van der Waals surface area contributed by atoms with Gasteiger partial charge in [0.15, 0.2) is 5.75 Å². The van der Waals surface area contributed by atoms with Gasteiger partial charge >= 0.3 is 10.5 Å². The fourth-order valence-electron chi connectivity index (χ4n) is 1.21. The molecule has 0 bridgehead atoms. The second-order valence-corrected chi connectivity index (χ2v) is 4.40. The summed E-state index contributed by atoms with van der Waals surface area (Å²) in [4.78, 5) is 16.3. The Hall–Kier alpha value is -2.63. The first-order valence-corrected chi connectivity index (χ1v) is 6.29. The molecule has 12 heteroatoms. The van der Waals surface area contributed by atoms with Crippen molar-refractivity contribution < 1.29 is 21.3 Å². The van der Waals surface area contributed by atoms with Crippen LogP contribution in [0, 0.1) is 0 Å². The molecule has 0 fully saturated rings. The Morgan fingerprint density at radius 3 is 2.80 bits per heavy atom. The highest BCUT2D eigenvalue weighted by molar-refractivity contribution is 7.81. The molecule has 0 saturated carbocycles. The summed E-state index contributed by atoms with van der Waals surface area (Å²) >= 11 is 0. The number of tetrazole rings is 1. The molecule has 0 atom stereocenters. The Labute approximate surface area is 112 Å². The van der Waals surface area contributed by atoms with Gasteiger partial charge < -0.3 is 9.50 Å². The molecule has 0 spiro atoms. The number of amides is 1. The van der Waals surface area contributed by atoms with E-state index in [1.165, 1.54) is 13.2 Å². The molecule has 0 aliphatic rings. The number of nitrogens with zero attached hydrogens (tertiary/aromatic N) is 5. The molecular formula is C8H7FN6O4S. The van der Waals surface area contributed by atoms with Gasteiger partial charge in [-0.3, -0.25) is 9.78 Å². The van der Waals surface area contributed by atoms with Crippen LogP contribution in [0.25, 0.3) is 0 Å². The molecule has 2 aromatic rings. The molecule has 0 aliphatic carbocycles. The van der Waals surface area contributed by atoms with Crippen LogP contribution in [0.2, 0.25) is 0 Å². The Kier molecular flexibility index (Phi) is 3.56. The molecule has 0 radical (unpaired) electrons. The summed E-state index contributed by atoms with van der Waals surface area (Å²) in [7, 11) is -3.68. The van der Waals surface area contributed by atoms with Gasteiger partial charge in [-0.15, -0.1) is 10.2 Å². The maximum absolute atomic E-state index is 12.3. The summed E-state index contributed by atoms with van der Waals surface area (Å²) in [6, 6.07) is 1.07. The molecule has 20 heavy (non-hydrogen) atoms. The predicted molar refractivity (Wildman–Crippen MR) is 61.6 cm³/mol. The second kappa shape index (κ2) is 5.16. The van der Waals surface area contributed by atoms with Gasteiger partial charge in [-0.1, -0.05) is 3.89 Å². The van der Waals surface area contributed by atoms with Crippen molar-refractivity contribution in [1.82, 2.24) is 25.2 Å². The number of halogens is 1. The van der Waals surface area contributed by atoms with Crippen molar-refractivity contribution in [2.75, 3.05) is 5.32 Å². The Morgan fingerprint density at radius 1 is 1.45 bits per heavy atom. The van der Waals surface area contributed by atoms with E-state index < -0.39 is 22.2 Å².